The fourth-order valence-corrected chi connectivity index (χ4v) is 2.19. The van der Waals surface area contributed by atoms with Gasteiger partial charge in [-0.1, -0.05) is 18.5 Å². The van der Waals surface area contributed by atoms with Crippen LogP contribution >= 0.6 is 11.6 Å². The number of halogens is 1. The zero-order chi connectivity index (χ0) is 11.1. The van der Waals surface area contributed by atoms with Crippen LogP contribution in [-0.2, 0) is 9.84 Å². The van der Waals surface area contributed by atoms with Crippen molar-refractivity contribution in [3.05, 3.63) is 23.2 Å². The van der Waals surface area contributed by atoms with Gasteiger partial charge in [-0.2, -0.15) is 0 Å². The lowest BCUT2D eigenvalue weighted by Crippen LogP contribution is -2.05. The number of benzene rings is 1. The van der Waals surface area contributed by atoms with E-state index in [9.17, 15) is 8.42 Å². The Morgan fingerprint density at radius 1 is 1.47 bits per heavy atom. The maximum Gasteiger partial charge on any atom is 0.226 e. The third-order valence-corrected chi connectivity index (χ3v) is 3.87. The Morgan fingerprint density at radius 2 is 2.20 bits per heavy atom. The molecule has 0 unspecified atom stereocenters. The smallest absolute Gasteiger partial charge is 0.226 e. The second kappa shape index (κ2) is 3.50. The third kappa shape index (κ3) is 1.85. The van der Waals surface area contributed by atoms with Crippen molar-refractivity contribution in [3.8, 4) is 0 Å². The molecule has 15 heavy (non-hydrogen) atoms. The Morgan fingerprint density at radius 3 is 2.87 bits per heavy atom. The van der Waals surface area contributed by atoms with Gasteiger partial charge in [-0.3, -0.25) is 0 Å². The molecular formula is C9H9ClN2O2S. The lowest BCUT2D eigenvalue weighted by Gasteiger charge is -1.92. The molecule has 80 valence electrons. The average molecular weight is 245 g/mol. The summed E-state index contributed by atoms with van der Waals surface area (Å²) >= 11 is 5.78. The van der Waals surface area contributed by atoms with E-state index in [0.29, 0.717) is 16.1 Å². The highest BCUT2D eigenvalue weighted by molar-refractivity contribution is 7.91. The lowest BCUT2D eigenvalue weighted by atomic mass is 10.3. The maximum absolute atomic E-state index is 11.5. The Hall–Kier alpha value is -1.07. The van der Waals surface area contributed by atoms with Crippen molar-refractivity contribution in [2.24, 2.45) is 0 Å². The number of nitrogens with one attached hydrogen (secondary N) is 1. The number of nitrogens with zero attached hydrogens (tertiary/aromatic N) is 1. The van der Waals surface area contributed by atoms with Crippen LogP contribution in [0.5, 0.6) is 0 Å². The first kappa shape index (κ1) is 10.4. The zero-order valence-corrected chi connectivity index (χ0v) is 9.56. The fraction of sp³-hybridized carbons (Fsp3) is 0.222. The fourth-order valence-electron chi connectivity index (χ4n) is 1.24. The normalized spacial score (nSPS) is 12.1. The van der Waals surface area contributed by atoms with Gasteiger partial charge in [0.2, 0.25) is 15.0 Å². The van der Waals surface area contributed by atoms with Crippen LogP contribution in [0.15, 0.2) is 23.4 Å². The monoisotopic (exact) mass is 244 g/mol. The third-order valence-electron chi connectivity index (χ3n) is 2.10. The number of rotatable bonds is 2. The van der Waals surface area contributed by atoms with Gasteiger partial charge < -0.3 is 4.98 Å². The number of imidazole rings is 1. The summed E-state index contributed by atoms with van der Waals surface area (Å²) in [5, 5.41) is 0.550. The molecule has 2 aromatic rings. The van der Waals surface area contributed by atoms with Crippen molar-refractivity contribution in [3.63, 3.8) is 0 Å². The quantitative estimate of drug-likeness (QED) is 0.879. The van der Waals surface area contributed by atoms with E-state index in [2.05, 4.69) is 9.97 Å². The second-order valence-corrected chi connectivity index (χ2v) is 5.74. The summed E-state index contributed by atoms with van der Waals surface area (Å²) in [5.41, 5.74) is 1.24. The molecule has 6 heteroatoms. The van der Waals surface area contributed by atoms with Gasteiger partial charge in [0.05, 0.1) is 16.8 Å². The van der Waals surface area contributed by atoms with Gasteiger partial charge in [0.1, 0.15) is 0 Å². The lowest BCUT2D eigenvalue weighted by molar-refractivity contribution is 0.590. The number of aromatic amines is 1. The van der Waals surface area contributed by atoms with Gasteiger partial charge in [0.15, 0.2) is 0 Å². The Labute approximate surface area is 92.2 Å². The molecule has 1 heterocycles. The summed E-state index contributed by atoms with van der Waals surface area (Å²) in [7, 11) is -3.28. The Kier molecular flexibility index (Phi) is 2.44. The average Bonchev–Trinajstić information content (AvgIpc) is 2.61. The minimum absolute atomic E-state index is 0.00210. The first-order valence-corrected chi connectivity index (χ1v) is 6.44. The first-order chi connectivity index (χ1) is 7.03. The number of sulfone groups is 1. The Balaban J connectivity index is 2.67. The molecule has 0 saturated heterocycles. The van der Waals surface area contributed by atoms with Crippen LogP contribution in [0.1, 0.15) is 6.92 Å². The van der Waals surface area contributed by atoms with E-state index in [-0.39, 0.29) is 10.9 Å². The van der Waals surface area contributed by atoms with E-state index in [4.69, 9.17) is 11.6 Å². The van der Waals surface area contributed by atoms with Crippen LogP contribution in [0.3, 0.4) is 0 Å². The molecule has 2 rings (SSSR count). The molecule has 0 aliphatic rings. The van der Waals surface area contributed by atoms with Crippen molar-refractivity contribution in [2.45, 2.75) is 12.1 Å². The van der Waals surface area contributed by atoms with Crippen molar-refractivity contribution in [1.82, 2.24) is 9.97 Å². The Bertz CT molecular complexity index is 604. The van der Waals surface area contributed by atoms with Gasteiger partial charge in [0, 0.05) is 5.02 Å². The molecule has 0 radical (unpaired) electrons. The summed E-state index contributed by atoms with van der Waals surface area (Å²) < 4.78 is 23.1. The second-order valence-electron chi connectivity index (χ2n) is 3.11. The number of hydrogen-bond acceptors (Lipinski definition) is 3. The SMILES string of the molecule is CCS(=O)(=O)c1nc2ccc(Cl)cc2[nH]1. The van der Waals surface area contributed by atoms with Gasteiger partial charge >= 0.3 is 0 Å². The topological polar surface area (TPSA) is 62.8 Å². The van der Waals surface area contributed by atoms with Crippen LogP contribution in [0.4, 0.5) is 0 Å². The number of aromatic nitrogens is 2. The number of fused-ring (bicyclic) bond motifs is 1. The van der Waals surface area contributed by atoms with Gasteiger partial charge in [-0.15, -0.1) is 0 Å². The predicted molar refractivity (Wildman–Crippen MR) is 58.8 cm³/mol. The summed E-state index contributed by atoms with van der Waals surface area (Å²) in [5.74, 6) is 0.0283. The van der Waals surface area contributed by atoms with Gasteiger partial charge in [-0.05, 0) is 18.2 Å². The maximum atomic E-state index is 11.5. The van der Waals surface area contributed by atoms with Gasteiger partial charge in [0.25, 0.3) is 0 Å². The number of H-pyrrole nitrogens is 1. The molecule has 0 aliphatic carbocycles. The highest BCUT2D eigenvalue weighted by Gasteiger charge is 2.16. The molecule has 0 saturated carbocycles. The van der Waals surface area contributed by atoms with E-state index >= 15 is 0 Å². The van der Waals surface area contributed by atoms with E-state index in [1.54, 1.807) is 25.1 Å². The molecule has 0 amide bonds. The number of hydrogen-bond donors (Lipinski definition) is 1. The van der Waals surface area contributed by atoms with Crippen LogP contribution in [-0.4, -0.2) is 24.1 Å². The predicted octanol–water partition coefficient (Wildman–Crippen LogP) is 2.01. The van der Waals surface area contributed by atoms with Crippen molar-refractivity contribution < 1.29 is 8.42 Å². The van der Waals surface area contributed by atoms with E-state index in [1.807, 2.05) is 0 Å². The summed E-state index contributed by atoms with van der Waals surface area (Å²) in [6.07, 6.45) is 0. The summed E-state index contributed by atoms with van der Waals surface area (Å²) in [6, 6.07) is 5.01. The summed E-state index contributed by atoms with van der Waals surface area (Å²) in [4.78, 5) is 6.74. The molecule has 0 atom stereocenters. The highest BCUT2D eigenvalue weighted by atomic mass is 35.5. The van der Waals surface area contributed by atoms with Crippen molar-refractivity contribution in [1.29, 1.82) is 0 Å². The molecule has 0 spiro atoms. The van der Waals surface area contributed by atoms with Crippen LogP contribution in [0.25, 0.3) is 11.0 Å². The highest BCUT2D eigenvalue weighted by Crippen LogP contribution is 2.19. The molecule has 0 aliphatic heterocycles. The molecular weight excluding hydrogens is 236 g/mol. The minimum Gasteiger partial charge on any atom is -0.329 e. The molecule has 0 fully saturated rings. The van der Waals surface area contributed by atoms with Crippen LogP contribution in [0, 0.1) is 0 Å². The molecule has 1 aromatic carbocycles. The summed E-state index contributed by atoms with van der Waals surface area (Å²) in [6.45, 7) is 1.58. The zero-order valence-electron chi connectivity index (χ0n) is 7.99. The van der Waals surface area contributed by atoms with E-state index in [0.717, 1.165) is 0 Å². The first-order valence-electron chi connectivity index (χ1n) is 4.41. The largest absolute Gasteiger partial charge is 0.329 e. The molecule has 1 N–H and O–H groups in total. The minimum atomic E-state index is -3.28. The van der Waals surface area contributed by atoms with Crippen LogP contribution < -0.4 is 0 Å². The molecule has 4 nitrogen and oxygen atoms in total. The standard InChI is InChI=1S/C9H9ClN2O2S/c1-2-15(13,14)9-11-7-4-3-6(10)5-8(7)12-9/h3-5H,2H2,1H3,(H,11,12). The van der Waals surface area contributed by atoms with Crippen LogP contribution in [0.2, 0.25) is 5.02 Å². The molecule has 0 bridgehead atoms. The van der Waals surface area contributed by atoms with Crippen molar-refractivity contribution >= 4 is 32.5 Å². The van der Waals surface area contributed by atoms with E-state index in [1.165, 1.54) is 0 Å². The van der Waals surface area contributed by atoms with Gasteiger partial charge in [-0.25, -0.2) is 13.4 Å². The molecule has 1 aromatic heterocycles. The van der Waals surface area contributed by atoms with E-state index < -0.39 is 9.84 Å². The van der Waals surface area contributed by atoms with Crippen molar-refractivity contribution in [2.75, 3.05) is 5.75 Å².